The van der Waals surface area contributed by atoms with Crippen LogP contribution in [0.3, 0.4) is 0 Å². The average molecular weight is 258 g/mol. The maximum atomic E-state index is 3.26. The van der Waals surface area contributed by atoms with Gasteiger partial charge in [0.05, 0.1) is 0 Å². The zero-order valence-corrected chi connectivity index (χ0v) is 12.1. The number of nitrogens with one attached hydrogen (secondary N) is 1. The molecule has 2 nitrogen and oxygen atoms in total. The molecule has 1 saturated carbocycles. The Morgan fingerprint density at radius 2 is 1.79 bits per heavy atom. The lowest BCUT2D eigenvalue weighted by Crippen LogP contribution is -2.22. The van der Waals surface area contributed by atoms with E-state index in [0.29, 0.717) is 0 Å². The minimum absolute atomic E-state index is 1.00. The maximum absolute atomic E-state index is 3.26. The summed E-state index contributed by atoms with van der Waals surface area (Å²) in [5, 5.41) is 3.26. The molecular formula is C17H26N2. The van der Waals surface area contributed by atoms with Gasteiger partial charge < -0.3 is 5.32 Å². The maximum Gasteiger partial charge on any atom is 0.0236 e. The van der Waals surface area contributed by atoms with Gasteiger partial charge in [0.2, 0.25) is 0 Å². The van der Waals surface area contributed by atoms with Gasteiger partial charge in [-0.05, 0) is 55.8 Å². The van der Waals surface area contributed by atoms with Gasteiger partial charge in [-0.15, -0.1) is 0 Å². The van der Waals surface area contributed by atoms with Gasteiger partial charge in [-0.3, -0.25) is 4.90 Å². The number of likely N-dealkylation sites (tertiary alicyclic amines) is 1. The molecule has 2 heteroatoms. The van der Waals surface area contributed by atoms with Crippen molar-refractivity contribution in [3.8, 4) is 0 Å². The lowest BCUT2D eigenvalue weighted by Gasteiger charge is -2.19. The van der Waals surface area contributed by atoms with E-state index < -0.39 is 0 Å². The largest absolute Gasteiger partial charge is 0.319 e. The topological polar surface area (TPSA) is 15.3 Å². The van der Waals surface area contributed by atoms with Crippen LogP contribution in [0.5, 0.6) is 0 Å². The molecular weight excluding hydrogens is 232 g/mol. The van der Waals surface area contributed by atoms with E-state index in [1.807, 2.05) is 7.05 Å². The lowest BCUT2D eigenvalue weighted by molar-refractivity contribution is 0.302. The van der Waals surface area contributed by atoms with E-state index in [4.69, 9.17) is 0 Å². The molecule has 0 amide bonds. The second-order valence-corrected chi connectivity index (χ2v) is 6.27. The molecule has 2 fully saturated rings. The number of likely N-dealkylation sites (N-methyl/N-ethyl adjacent to an activating group) is 1. The van der Waals surface area contributed by atoms with Crippen LogP contribution in [0.15, 0.2) is 24.3 Å². The van der Waals surface area contributed by atoms with Crippen molar-refractivity contribution >= 4 is 0 Å². The van der Waals surface area contributed by atoms with Crippen LogP contribution < -0.4 is 5.32 Å². The van der Waals surface area contributed by atoms with Crippen molar-refractivity contribution < 1.29 is 0 Å². The van der Waals surface area contributed by atoms with Gasteiger partial charge in [0.1, 0.15) is 0 Å². The molecule has 2 aliphatic rings. The molecule has 1 N–H and O–H groups in total. The molecule has 1 aromatic rings. The first-order valence-corrected chi connectivity index (χ1v) is 7.80. The minimum atomic E-state index is 1.00. The molecule has 0 radical (unpaired) electrons. The molecule has 0 spiro atoms. The molecule has 1 aliphatic heterocycles. The molecule has 19 heavy (non-hydrogen) atoms. The second kappa shape index (κ2) is 6.06. The molecule has 1 aliphatic carbocycles. The molecule has 104 valence electrons. The number of fused-ring (bicyclic) bond motifs is 1. The highest BCUT2D eigenvalue weighted by molar-refractivity contribution is 5.27. The van der Waals surface area contributed by atoms with Crippen molar-refractivity contribution in [1.29, 1.82) is 0 Å². The van der Waals surface area contributed by atoms with Gasteiger partial charge >= 0.3 is 0 Å². The first kappa shape index (κ1) is 13.1. The fourth-order valence-corrected chi connectivity index (χ4v) is 3.92. The Balaban J connectivity index is 1.63. The molecule has 1 saturated heterocycles. The summed E-state index contributed by atoms with van der Waals surface area (Å²) < 4.78 is 0. The van der Waals surface area contributed by atoms with Gasteiger partial charge in [-0.1, -0.05) is 30.7 Å². The van der Waals surface area contributed by atoms with E-state index in [0.717, 1.165) is 31.3 Å². The fourth-order valence-electron chi connectivity index (χ4n) is 3.92. The standard InChI is InChI=1S/C17H26N2/c1-18-10-9-14-5-2-3-6-15(14)11-19-12-16-7-4-8-17(16)13-19/h2-3,5-6,16-18H,4,7-13H2,1H3. The molecule has 0 bridgehead atoms. The van der Waals surface area contributed by atoms with E-state index >= 15 is 0 Å². The minimum Gasteiger partial charge on any atom is -0.319 e. The summed E-state index contributed by atoms with van der Waals surface area (Å²) in [6.45, 7) is 4.91. The predicted molar refractivity (Wildman–Crippen MR) is 80.2 cm³/mol. The van der Waals surface area contributed by atoms with Crippen LogP contribution >= 0.6 is 0 Å². The number of hydrogen-bond donors (Lipinski definition) is 1. The van der Waals surface area contributed by atoms with Crippen molar-refractivity contribution in [2.45, 2.75) is 32.2 Å². The van der Waals surface area contributed by atoms with Crippen molar-refractivity contribution in [3.05, 3.63) is 35.4 Å². The van der Waals surface area contributed by atoms with Gasteiger partial charge in [0, 0.05) is 19.6 Å². The molecule has 0 aromatic heterocycles. The monoisotopic (exact) mass is 258 g/mol. The van der Waals surface area contributed by atoms with E-state index in [1.165, 1.54) is 43.5 Å². The van der Waals surface area contributed by atoms with Crippen LogP contribution in [0, 0.1) is 11.8 Å². The van der Waals surface area contributed by atoms with Crippen molar-refractivity contribution in [3.63, 3.8) is 0 Å². The van der Waals surface area contributed by atoms with Gasteiger partial charge in [0.25, 0.3) is 0 Å². The smallest absolute Gasteiger partial charge is 0.0236 e. The molecule has 2 unspecified atom stereocenters. The molecule has 2 atom stereocenters. The zero-order valence-electron chi connectivity index (χ0n) is 12.1. The highest BCUT2D eigenvalue weighted by Crippen LogP contribution is 2.38. The number of rotatable bonds is 5. The van der Waals surface area contributed by atoms with Crippen molar-refractivity contribution in [2.75, 3.05) is 26.7 Å². The Bertz CT molecular complexity index is 403. The number of benzene rings is 1. The average Bonchev–Trinajstić information content (AvgIpc) is 2.98. The predicted octanol–water partition coefficient (Wildman–Crippen LogP) is 2.68. The molecule has 1 heterocycles. The SMILES string of the molecule is CNCCc1ccccc1CN1CC2CCCC2C1. The van der Waals surface area contributed by atoms with Crippen LogP contribution in [-0.4, -0.2) is 31.6 Å². The highest BCUT2D eigenvalue weighted by atomic mass is 15.2. The van der Waals surface area contributed by atoms with Crippen LogP contribution in [-0.2, 0) is 13.0 Å². The summed E-state index contributed by atoms with van der Waals surface area (Å²) in [5.41, 5.74) is 3.06. The Labute approximate surface area is 117 Å². The van der Waals surface area contributed by atoms with E-state index in [1.54, 1.807) is 0 Å². The third-order valence-electron chi connectivity index (χ3n) is 4.96. The van der Waals surface area contributed by atoms with E-state index in [-0.39, 0.29) is 0 Å². The molecule has 1 aromatic carbocycles. The van der Waals surface area contributed by atoms with Crippen molar-refractivity contribution in [1.82, 2.24) is 10.2 Å². The van der Waals surface area contributed by atoms with E-state index in [2.05, 4.69) is 34.5 Å². The van der Waals surface area contributed by atoms with Gasteiger partial charge in [0.15, 0.2) is 0 Å². The number of hydrogen-bond acceptors (Lipinski definition) is 2. The highest BCUT2D eigenvalue weighted by Gasteiger charge is 2.35. The quantitative estimate of drug-likeness (QED) is 0.873. The fraction of sp³-hybridized carbons (Fsp3) is 0.647. The van der Waals surface area contributed by atoms with Crippen molar-refractivity contribution in [2.24, 2.45) is 11.8 Å². The first-order chi connectivity index (χ1) is 9.36. The summed E-state index contributed by atoms with van der Waals surface area (Å²) in [6, 6.07) is 8.98. The van der Waals surface area contributed by atoms with Crippen LogP contribution in [0.1, 0.15) is 30.4 Å². The van der Waals surface area contributed by atoms with Crippen LogP contribution in [0.25, 0.3) is 0 Å². The Hall–Kier alpha value is -0.860. The third-order valence-corrected chi connectivity index (χ3v) is 4.96. The second-order valence-electron chi connectivity index (χ2n) is 6.27. The van der Waals surface area contributed by atoms with E-state index in [9.17, 15) is 0 Å². The zero-order chi connectivity index (χ0) is 13.1. The van der Waals surface area contributed by atoms with Gasteiger partial charge in [-0.2, -0.15) is 0 Å². The molecule has 3 rings (SSSR count). The summed E-state index contributed by atoms with van der Waals surface area (Å²) in [6.07, 6.45) is 5.57. The summed E-state index contributed by atoms with van der Waals surface area (Å²) in [4.78, 5) is 2.69. The lowest BCUT2D eigenvalue weighted by atomic mass is 10.0. The summed E-state index contributed by atoms with van der Waals surface area (Å²) in [7, 11) is 2.03. The summed E-state index contributed by atoms with van der Waals surface area (Å²) in [5.74, 6) is 2.01. The Morgan fingerprint density at radius 1 is 1.11 bits per heavy atom. The summed E-state index contributed by atoms with van der Waals surface area (Å²) >= 11 is 0. The Kier molecular flexibility index (Phi) is 4.19. The van der Waals surface area contributed by atoms with Crippen LogP contribution in [0.2, 0.25) is 0 Å². The Morgan fingerprint density at radius 3 is 2.47 bits per heavy atom. The normalized spacial score (nSPS) is 26.8. The third kappa shape index (κ3) is 3.01. The van der Waals surface area contributed by atoms with Gasteiger partial charge in [-0.25, -0.2) is 0 Å². The first-order valence-electron chi connectivity index (χ1n) is 7.80. The number of nitrogens with zero attached hydrogens (tertiary/aromatic N) is 1. The van der Waals surface area contributed by atoms with Crippen LogP contribution in [0.4, 0.5) is 0 Å².